The number of nitrogen functional groups attached to an aromatic ring is 1. The minimum absolute atomic E-state index is 0.130. The standard InChI is InChI=1S/C14H17N7/c1-17-7-10(15)8-2-4-18-13-12(8)9(6-20-13)11-3-5-19-14(16)21-11/h2-6,10,17H,7,15H2,1H3,(H,18,20)(H2,16,19,21). The number of H-pyrrole nitrogens is 1. The third kappa shape index (κ3) is 2.44. The summed E-state index contributed by atoms with van der Waals surface area (Å²) in [6.45, 7) is 0.676. The molecule has 3 heterocycles. The molecule has 3 rings (SSSR count). The van der Waals surface area contributed by atoms with Gasteiger partial charge in [-0.2, -0.15) is 0 Å². The van der Waals surface area contributed by atoms with E-state index >= 15 is 0 Å². The van der Waals surface area contributed by atoms with Crippen molar-refractivity contribution in [1.29, 1.82) is 0 Å². The molecule has 3 aromatic rings. The van der Waals surface area contributed by atoms with Gasteiger partial charge in [0.1, 0.15) is 5.65 Å². The lowest BCUT2D eigenvalue weighted by Crippen LogP contribution is -2.24. The molecule has 0 saturated carbocycles. The predicted octanol–water partition coefficient (Wildman–Crippen LogP) is 0.821. The van der Waals surface area contributed by atoms with Gasteiger partial charge in [0, 0.05) is 42.1 Å². The Labute approximate surface area is 121 Å². The lowest BCUT2D eigenvalue weighted by molar-refractivity contribution is 0.657. The predicted molar refractivity (Wildman–Crippen MR) is 82.4 cm³/mol. The number of anilines is 1. The SMILES string of the molecule is CNCC(N)c1ccnc2[nH]cc(-c3ccnc(N)n3)c12. The summed E-state index contributed by atoms with van der Waals surface area (Å²) in [6, 6.07) is 3.63. The second kappa shape index (κ2) is 5.47. The molecule has 21 heavy (non-hydrogen) atoms. The number of nitrogens with zero attached hydrogens (tertiary/aromatic N) is 3. The first-order valence-corrected chi connectivity index (χ1v) is 6.65. The quantitative estimate of drug-likeness (QED) is 0.563. The molecule has 0 aliphatic rings. The molecule has 0 radical (unpaired) electrons. The molecular formula is C14H17N7. The van der Waals surface area contributed by atoms with Gasteiger partial charge in [-0.05, 0) is 24.7 Å². The van der Waals surface area contributed by atoms with Crippen molar-refractivity contribution in [2.24, 2.45) is 5.73 Å². The number of pyridine rings is 1. The van der Waals surface area contributed by atoms with E-state index in [0.29, 0.717) is 6.54 Å². The Kier molecular flexibility index (Phi) is 3.51. The fourth-order valence-corrected chi connectivity index (χ4v) is 2.45. The Bertz CT molecular complexity index is 765. The summed E-state index contributed by atoms with van der Waals surface area (Å²) >= 11 is 0. The van der Waals surface area contributed by atoms with Gasteiger partial charge in [0.15, 0.2) is 0 Å². The molecule has 7 nitrogen and oxygen atoms in total. The molecule has 0 spiro atoms. The van der Waals surface area contributed by atoms with Gasteiger partial charge in [-0.1, -0.05) is 0 Å². The number of fused-ring (bicyclic) bond motifs is 1. The molecule has 7 heteroatoms. The van der Waals surface area contributed by atoms with Crippen LogP contribution in [0.2, 0.25) is 0 Å². The maximum absolute atomic E-state index is 6.25. The molecule has 1 atom stereocenters. The van der Waals surface area contributed by atoms with Gasteiger partial charge in [0.2, 0.25) is 5.95 Å². The zero-order valence-corrected chi connectivity index (χ0v) is 11.7. The van der Waals surface area contributed by atoms with Crippen LogP contribution < -0.4 is 16.8 Å². The topological polar surface area (TPSA) is 119 Å². The molecule has 108 valence electrons. The van der Waals surface area contributed by atoms with Crippen LogP contribution in [0.4, 0.5) is 5.95 Å². The van der Waals surface area contributed by atoms with Gasteiger partial charge >= 0.3 is 0 Å². The summed E-state index contributed by atoms with van der Waals surface area (Å²) in [4.78, 5) is 15.7. The first kappa shape index (κ1) is 13.5. The Balaban J connectivity index is 2.20. The van der Waals surface area contributed by atoms with Crippen LogP contribution in [-0.2, 0) is 0 Å². The molecule has 6 N–H and O–H groups in total. The van der Waals surface area contributed by atoms with Crippen LogP contribution >= 0.6 is 0 Å². The molecule has 0 aromatic carbocycles. The summed E-state index contributed by atoms with van der Waals surface area (Å²) in [5.74, 6) is 0.242. The fraction of sp³-hybridized carbons (Fsp3) is 0.214. The maximum atomic E-state index is 6.25. The van der Waals surface area contributed by atoms with Crippen LogP contribution in [0.1, 0.15) is 11.6 Å². The van der Waals surface area contributed by atoms with Gasteiger partial charge < -0.3 is 21.8 Å². The van der Waals surface area contributed by atoms with Crippen LogP contribution in [0.25, 0.3) is 22.3 Å². The lowest BCUT2D eigenvalue weighted by atomic mass is 10.0. The minimum Gasteiger partial charge on any atom is -0.368 e. The van der Waals surface area contributed by atoms with Gasteiger partial charge in [-0.25, -0.2) is 15.0 Å². The number of aromatic nitrogens is 4. The molecule has 0 bridgehead atoms. The molecule has 3 aromatic heterocycles. The number of hydrogen-bond donors (Lipinski definition) is 4. The van der Waals surface area contributed by atoms with E-state index in [0.717, 1.165) is 27.9 Å². The summed E-state index contributed by atoms with van der Waals surface area (Å²) in [6.07, 6.45) is 5.26. The highest BCUT2D eigenvalue weighted by Gasteiger charge is 2.16. The Morgan fingerprint density at radius 1 is 1.29 bits per heavy atom. The molecule has 0 aliphatic carbocycles. The molecule has 1 unspecified atom stereocenters. The van der Waals surface area contributed by atoms with Crippen molar-refractivity contribution in [2.45, 2.75) is 6.04 Å². The van der Waals surface area contributed by atoms with E-state index in [2.05, 4.69) is 25.3 Å². The first-order chi connectivity index (χ1) is 10.2. The van der Waals surface area contributed by atoms with Crippen LogP contribution in [0.15, 0.2) is 30.7 Å². The van der Waals surface area contributed by atoms with Crippen molar-refractivity contribution < 1.29 is 0 Å². The highest BCUT2D eigenvalue weighted by Crippen LogP contribution is 2.31. The average molecular weight is 283 g/mol. The molecule has 0 fully saturated rings. The second-order valence-electron chi connectivity index (χ2n) is 4.79. The van der Waals surface area contributed by atoms with Crippen molar-refractivity contribution in [1.82, 2.24) is 25.3 Å². The summed E-state index contributed by atoms with van der Waals surface area (Å²) < 4.78 is 0. The molecular weight excluding hydrogens is 266 g/mol. The largest absolute Gasteiger partial charge is 0.368 e. The summed E-state index contributed by atoms with van der Waals surface area (Å²) in [5, 5.41) is 4.06. The van der Waals surface area contributed by atoms with Crippen molar-refractivity contribution in [3.63, 3.8) is 0 Å². The third-order valence-corrected chi connectivity index (χ3v) is 3.38. The van der Waals surface area contributed by atoms with Crippen molar-refractivity contribution in [3.05, 3.63) is 36.3 Å². The molecule has 0 amide bonds. The van der Waals surface area contributed by atoms with E-state index in [1.54, 1.807) is 12.4 Å². The lowest BCUT2D eigenvalue weighted by Gasteiger charge is -2.13. The molecule has 0 aliphatic heterocycles. The van der Waals surface area contributed by atoms with E-state index < -0.39 is 0 Å². The van der Waals surface area contributed by atoms with Crippen LogP contribution in [-0.4, -0.2) is 33.5 Å². The smallest absolute Gasteiger partial charge is 0.220 e. The average Bonchev–Trinajstić information content (AvgIpc) is 2.91. The number of likely N-dealkylation sites (N-methyl/N-ethyl adjacent to an activating group) is 1. The van der Waals surface area contributed by atoms with Gasteiger partial charge in [0.05, 0.1) is 5.69 Å². The number of nitrogens with two attached hydrogens (primary N) is 2. The van der Waals surface area contributed by atoms with E-state index in [4.69, 9.17) is 11.5 Å². The van der Waals surface area contributed by atoms with Crippen LogP contribution in [0, 0.1) is 0 Å². The van der Waals surface area contributed by atoms with Crippen molar-refractivity contribution >= 4 is 17.0 Å². The Morgan fingerprint density at radius 2 is 2.10 bits per heavy atom. The van der Waals surface area contributed by atoms with Crippen LogP contribution in [0.3, 0.4) is 0 Å². The van der Waals surface area contributed by atoms with Crippen molar-refractivity contribution in [2.75, 3.05) is 19.3 Å². The zero-order valence-electron chi connectivity index (χ0n) is 11.7. The Morgan fingerprint density at radius 3 is 2.86 bits per heavy atom. The van der Waals surface area contributed by atoms with E-state index in [1.165, 1.54) is 0 Å². The Hall–Kier alpha value is -2.51. The number of aromatic amines is 1. The van der Waals surface area contributed by atoms with Gasteiger partial charge in [-0.15, -0.1) is 0 Å². The highest BCUT2D eigenvalue weighted by atomic mass is 15.0. The minimum atomic E-state index is -0.130. The summed E-state index contributed by atoms with van der Waals surface area (Å²) in [5.41, 5.74) is 15.4. The summed E-state index contributed by atoms with van der Waals surface area (Å²) in [7, 11) is 1.88. The van der Waals surface area contributed by atoms with Gasteiger partial charge in [-0.3, -0.25) is 0 Å². The number of hydrogen-bond acceptors (Lipinski definition) is 6. The van der Waals surface area contributed by atoms with E-state index in [9.17, 15) is 0 Å². The normalized spacial score (nSPS) is 12.7. The van der Waals surface area contributed by atoms with Gasteiger partial charge in [0.25, 0.3) is 0 Å². The highest BCUT2D eigenvalue weighted by molar-refractivity contribution is 5.95. The second-order valence-corrected chi connectivity index (χ2v) is 4.79. The third-order valence-electron chi connectivity index (χ3n) is 3.38. The van der Waals surface area contributed by atoms with E-state index in [-0.39, 0.29) is 12.0 Å². The monoisotopic (exact) mass is 283 g/mol. The maximum Gasteiger partial charge on any atom is 0.220 e. The zero-order chi connectivity index (χ0) is 14.8. The fourth-order valence-electron chi connectivity index (χ4n) is 2.45. The van der Waals surface area contributed by atoms with Crippen molar-refractivity contribution in [3.8, 4) is 11.3 Å². The number of rotatable bonds is 4. The van der Waals surface area contributed by atoms with Crippen LogP contribution in [0.5, 0.6) is 0 Å². The molecule has 0 saturated heterocycles. The first-order valence-electron chi connectivity index (χ1n) is 6.65. The van der Waals surface area contributed by atoms with E-state index in [1.807, 2.05) is 25.4 Å². The number of nitrogens with one attached hydrogen (secondary N) is 2.